The molecule has 0 bridgehead atoms. The third-order valence-electron chi connectivity index (χ3n) is 4.34. The number of nitrogens with two attached hydrogens (primary N) is 2. The molecule has 0 saturated carbocycles. The standard InChI is InChI=1S/C16H22BrN5O/c17-10-4-5-11-12-6-8-20-13(3-1-2-7-21-16(18)19)15(12)22(23)14(11)9-10/h4-5,9,13,20,23H,1-3,6-8H2,(H4,18,19,21). The van der Waals surface area contributed by atoms with Gasteiger partial charge in [0.25, 0.3) is 0 Å². The number of guanidine groups is 1. The van der Waals surface area contributed by atoms with E-state index in [9.17, 15) is 5.21 Å². The lowest BCUT2D eigenvalue weighted by atomic mass is 9.96. The third kappa shape index (κ3) is 3.30. The minimum atomic E-state index is 0.143. The van der Waals surface area contributed by atoms with E-state index in [4.69, 9.17) is 11.5 Å². The molecule has 1 aliphatic heterocycles. The Balaban J connectivity index is 1.79. The van der Waals surface area contributed by atoms with Crippen molar-refractivity contribution >= 4 is 32.8 Å². The predicted octanol–water partition coefficient (Wildman–Crippen LogP) is 2.27. The zero-order valence-electron chi connectivity index (χ0n) is 12.9. The molecule has 0 saturated heterocycles. The highest BCUT2D eigenvalue weighted by molar-refractivity contribution is 9.10. The summed E-state index contributed by atoms with van der Waals surface area (Å²) in [6.07, 6.45) is 3.82. The van der Waals surface area contributed by atoms with Gasteiger partial charge in [-0.25, -0.2) is 0 Å². The summed E-state index contributed by atoms with van der Waals surface area (Å²) in [6.45, 7) is 1.58. The number of unbranched alkanes of at least 4 members (excludes halogenated alkanes) is 1. The normalized spacial score (nSPS) is 17.2. The highest BCUT2D eigenvalue weighted by atomic mass is 79.9. The van der Waals surface area contributed by atoms with Crippen LogP contribution in [0.4, 0.5) is 0 Å². The van der Waals surface area contributed by atoms with Crippen molar-refractivity contribution < 1.29 is 5.21 Å². The predicted molar refractivity (Wildman–Crippen MR) is 95.8 cm³/mol. The fourth-order valence-electron chi connectivity index (χ4n) is 3.33. The van der Waals surface area contributed by atoms with Crippen LogP contribution in [-0.4, -0.2) is 29.0 Å². The number of halogens is 1. The average molecular weight is 380 g/mol. The molecule has 23 heavy (non-hydrogen) atoms. The molecule has 6 N–H and O–H groups in total. The Morgan fingerprint density at radius 1 is 1.39 bits per heavy atom. The maximum atomic E-state index is 10.6. The number of aromatic nitrogens is 1. The van der Waals surface area contributed by atoms with Gasteiger partial charge in [-0.05, 0) is 49.9 Å². The van der Waals surface area contributed by atoms with Crippen LogP contribution < -0.4 is 16.8 Å². The molecule has 1 aromatic heterocycles. The summed E-state index contributed by atoms with van der Waals surface area (Å²) in [5.41, 5.74) is 13.8. The minimum Gasteiger partial charge on any atom is -0.428 e. The fourth-order valence-corrected chi connectivity index (χ4v) is 3.68. The largest absolute Gasteiger partial charge is 0.428 e. The van der Waals surface area contributed by atoms with Gasteiger partial charge in [-0.15, -0.1) is 0 Å². The third-order valence-corrected chi connectivity index (χ3v) is 4.83. The maximum Gasteiger partial charge on any atom is 0.185 e. The number of aliphatic imine (C=N–C) groups is 1. The van der Waals surface area contributed by atoms with E-state index in [0.29, 0.717) is 6.54 Å². The first-order valence-corrected chi connectivity index (χ1v) is 8.68. The van der Waals surface area contributed by atoms with Crippen LogP contribution in [0, 0.1) is 0 Å². The van der Waals surface area contributed by atoms with E-state index < -0.39 is 0 Å². The van der Waals surface area contributed by atoms with Gasteiger partial charge in [0.1, 0.15) is 0 Å². The van der Waals surface area contributed by atoms with E-state index >= 15 is 0 Å². The van der Waals surface area contributed by atoms with Crippen LogP contribution >= 0.6 is 15.9 Å². The highest BCUT2D eigenvalue weighted by Gasteiger charge is 2.27. The molecule has 0 fully saturated rings. The van der Waals surface area contributed by atoms with Crippen molar-refractivity contribution in [3.8, 4) is 0 Å². The van der Waals surface area contributed by atoms with E-state index in [-0.39, 0.29) is 12.0 Å². The highest BCUT2D eigenvalue weighted by Crippen LogP contribution is 2.35. The number of hydrogen-bond donors (Lipinski definition) is 4. The SMILES string of the molecule is NC(N)=NCCCCC1NCCc2c1n(O)c1cc(Br)ccc21. The number of nitrogens with zero attached hydrogens (tertiary/aromatic N) is 2. The van der Waals surface area contributed by atoms with Crippen molar-refractivity contribution in [1.29, 1.82) is 0 Å². The van der Waals surface area contributed by atoms with Crippen molar-refractivity contribution in [3.63, 3.8) is 0 Å². The second-order valence-corrected chi connectivity index (χ2v) is 6.81. The summed E-state index contributed by atoms with van der Waals surface area (Å²) in [5.74, 6) is 0.143. The van der Waals surface area contributed by atoms with Crippen molar-refractivity contribution in [1.82, 2.24) is 10.0 Å². The van der Waals surface area contributed by atoms with Gasteiger partial charge < -0.3 is 22.0 Å². The second-order valence-electron chi connectivity index (χ2n) is 5.90. The molecule has 1 atom stereocenters. The average Bonchev–Trinajstić information content (AvgIpc) is 2.80. The molecule has 6 nitrogen and oxygen atoms in total. The van der Waals surface area contributed by atoms with Crippen LogP contribution in [-0.2, 0) is 6.42 Å². The molecule has 1 aliphatic rings. The number of hydrogen-bond acceptors (Lipinski definition) is 3. The molecule has 0 spiro atoms. The number of rotatable bonds is 5. The van der Waals surface area contributed by atoms with Crippen molar-refractivity contribution in [2.45, 2.75) is 31.7 Å². The lowest BCUT2D eigenvalue weighted by Crippen LogP contribution is -2.31. The topological polar surface area (TPSA) is 102 Å². The number of fused-ring (bicyclic) bond motifs is 3. The van der Waals surface area contributed by atoms with Gasteiger partial charge in [0.15, 0.2) is 5.96 Å². The molecule has 124 valence electrons. The summed E-state index contributed by atoms with van der Waals surface area (Å²) < 4.78 is 2.32. The maximum absolute atomic E-state index is 10.6. The summed E-state index contributed by atoms with van der Waals surface area (Å²) in [4.78, 5) is 4.01. The molecular weight excluding hydrogens is 358 g/mol. The van der Waals surface area contributed by atoms with E-state index in [2.05, 4.69) is 32.3 Å². The van der Waals surface area contributed by atoms with Crippen molar-refractivity contribution in [2.75, 3.05) is 13.1 Å². The monoisotopic (exact) mass is 379 g/mol. The first kappa shape index (κ1) is 16.1. The Labute approximate surface area is 143 Å². The zero-order chi connectivity index (χ0) is 16.4. The Hall–Kier alpha value is -1.73. The van der Waals surface area contributed by atoms with Gasteiger partial charge in [0.05, 0.1) is 17.3 Å². The van der Waals surface area contributed by atoms with Gasteiger partial charge in [-0.1, -0.05) is 22.0 Å². The molecule has 3 rings (SSSR count). The van der Waals surface area contributed by atoms with Crippen LogP contribution in [0.1, 0.15) is 36.6 Å². The minimum absolute atomic E-state index is 0.143. The van der Waals surface area contributed by atoms with Crippen LogP contribution in [0.5, 0.6) is 0 Å². The van der Waals surface area contributed by atoms with Gasteiger partial charge >= 0.3 is 0 Å². The quantitative estimate of drug-likeness (QED) is 0.277. The Kier molecular flexibility index (Phi) is 4.77. The zero-order valence-corrected chi connectivity index (χ0v) is 14.5. The molecule has 2 heterocycles. The smallest absolute Gasteiger partial charge is 0.185 e. The summed E-state index contributed by atoms with van der Waals surface area (Å²) in [5, 5.41) is 15.3. The molecule has 7 heteroatoms. The lowest BCUT2D eigenvalue weighted by Gasteiger charge is -2.25. The van der Waals surface area contributed by atoms with Crippen LogP contribution in [0.2, 0.25) is 0 Å². The first-order valence-electron chi connectivity index (χ1n) is 7.88. The summed E-state index contributed by atoms with van der Waals surface area (Å²) in [6, 6.07) is 6.22. The Morgan fingerprint density at radius 3 is 3.00 bits per heavy atom. The van der Waals surface area contributed by atoms with Crippen molar-refractivity contribution in [3.05, 3.63) is 33.9 Å². The molecular formula is C16H22BrN5O. The Morgan fingerprint density at radius 2 is 2.22 bits per heavy atom. The van der Waals surface area contributed by atoms with Crippen LogP contribution in [0.15, 0.2) is 27.7 Å². The number of nitrogens with one attached hydrogen (secondary N) is 1. The van der Waals surface area contributed by atoms with E-state index in [0.717, 1.165) is 53.3 Å². The number of benzene rings is 1. The van der Waals surface area contributed by atoms with Gasteiger partial charge in [0, 0.05) is 16.4 Å². The van der Waals surface area contributed by atoms with Crippen LogP contribution in [0.3, 0.4) is 0 Å². The summed E-state index contributed by atoms with van der Waals surface area (Å²) in [7, 11) is 0. The van der Waals surface area contributed by atoms with E-state index in [1.807, 2.05) is 12.1 Å². The van der Waals surface area contributed by atoms with Crippen LogP contribution in [0.25, 0.3) is 10.9 Å². The van der Waals surface area contributed by atoms with E-state index in [1.165, 1.54) is 10.3 Å². The van der Waals surface area contributed by atoms with Gasteiger partial charge in [-0.3, -0.25) is 4.99 Å². The molecule has 0 radical (unpaired) electrons. The fraction of sp³-hybridized carbons (Fsp3) is 0.438. The first-order chi connectivity index (χ1) is 11.1. The summed E-state index contributed by atoms with van der Waals surface area (Å²) >= 11 is 3.47. The Bertz CT molecular complexity index is 736. The molecule has 2 aromatic rings. The van der Waals surface area contributed by atoms with Crippen molar-refractivity contribution in [2.24, 2.45) is 16.5 Å². The lowest BCUT2D eigenvalue weighted by molar-refractivity contribution is 0.178. The molecule has 0 aliphatic carbocycles. The molecule has 1 aromatic carbocycles. The van der Waals surface area contributed by atoms with Gasteiger partial charge in [0.2, 0.25) is 0 Å². The van der Waals surface area contributed by atoms with Gasteiger partial charge in [-0.2, -0.15) is 4.73 Å². The van der Waals surface area contributed by atoms with E-state index in [1.54, 1.807) is 0 Å². The molecule has 0 amide bonds. The molecule has 1 unspecified atom stereocenters. The second kappa shape index (κ2) is 6.80.